The van der Waals surface area contributed by atoms with Gasteiger partial charge in [-0.2, -0.15) is 0 Å². The van der Waals surface area contributed by atoms with Gasteiger partial charge >= 0.3 is 0 Å². The molecule has 3 aromatic carbocycles. The first kappa shape index (κ1) is 15.9. The molecule has 5 rings (SSSR count). The van der Waals surface area contributed by atoms with Gasteiger partial charge in [0.25, 0.3) is 5.56 Å². The van der Waals surface area contributed by atoms with Gasteiger partial charge in [0, 0.05) is 11.3 Å². The first-order valence-electron chi connectivity index (χ1n) is 8.58. The van der Waals surface area contributed by atoms with Crippen LogP contribution in [-0.4, -0.2) is 14.0 Å². The number of para-hydroxylation sites is 3. The third kappa shape index (κ3) is 2.38. The molecule has 0 saturated carbocycles. The average Bonchev–Trinajstić information content (AvgIpc) is 3.12. The van der Waals surface area contributed by atoms with E-state index in [0.29, 0.717) is 16.5 Å². The lowest BCUT2D eigenvalue weighted by molar-refractivity contribution is 0.967. The molecular weight excluding hydrogens is 358 g/mol. The minimum atomic E-state index is -0.208. The number of rotatable bonds is 2. The van der Waals surface area contributed by atoms with Gasteiger partial charge in [-0.05, 0) is 24.3 Å². The molecule has 0 aliphatic carbocycles. The normalized spacial score (nSPS) is 11.3. The summed E-state index contributed by atoms with van der Waals surface area (Å²) in [6, 6.07) is 26.8. The molecule has 0 radical (unpaired) electrons. The van der Waals surface area contributed by atoms with Crippen molar-refractivity contribution in [1.82, 2.24) is 14.0 Å². The zero-order valence-electron chi connectivity index (χ0n) is 14.2. The lowest BCUT2D eigenvalue weighted by Gasteiger charge is -2.16. The molecule has 5 aromatic rings. The minimum Gasteiger partial charge on any atom is -0.276 e. The molecule has 0 atom stereocenters. The summed E-state index contributed by atoms with van der Waals surface area (Å²) in [6.07, 6.45) is 0. The van der Waals surface area contributed by atoms with E-state index in [1.165, 1.54) is 0 Å². The number of aromatic nitrogens is 3. The smallest absolute Gasteiger partial charge is 0.276 e. The van der Waals surface area contributed by atoms with Crippen LogP contribution in [0.25, 0.3) is 33.6 Å². The number of fused-ring (bicyclic) bond motifs is 3. The molecule has 0 aliphatic rings. The highest BCUT2D eigenvalue weighted by atomic mass is 35.5. The molecule has 0 amide bonds. The number of imidazole rings is 1. The fourth-order valence-electron chi connectivity index (χ4n) is 3.44. The Bertz CT molecular complexity index is 1340. The largest absolute Gasteiger partial charge is 0.299 e. The quantitative estimate of drug-likeness (QED) is 0.440. The maximum absolute atomic E-state index is 13.5. The van der Waals surface area contributed by atoms with Gasteiger partial charge in [-0.3, -0.25) is 13.8 Å². The van der Waals surface area contributed by atoms with E-state index in [-0.39, 0.29) is 5.56 Å². The molecule has 27 heavy (non-hydrogen) atoms. The molecule has 0 spiro atoms. The monoisotopic (exact) mass is 371 g/mol. The summed E-state index contributed by atoms with van der Waals surface area (Å²) in [5.74, 6) is 0. The van der Waals surface area contributed by atoms with E-state index in [2.05, 4.69) is 4.98 Å². The molecule has 4 nitrogen and oxygen atoms in total. The summed E-state index contributed by atoms with van der Waals surface area (Å²) in [5.41, 5.74) is 3.91. The van der Waals surface area contributed by atoms with Gasteiger partial charge in [0.05, 0.1) is 16.7 Å². The van der Waals surface area contributed by atoms with Crippen molar-refractivity contribution >= 4 is 28.3 Å². The molecule has 0 bridgehead atoms. The summed E-state index contributed by atoms with van der Waals surface area (Å²) in [6.45, 7) is 0. The summed E-state index contributed by atoms with van der Waals surface area (Å²) in [5, 5.41) is 0.452. The SMILES string of the molecule is O=c1c2nc3ccccc3n2c(Cl)c(-c2ccccc2)n1-c1ccccc1. The zero-order valence-corrected chi connectivity index (χ0v) is 15.0. The minimum absolute atomic E-state index is 0.208. The Kier molecular flexibility index (Phi) is 3.59. The third-order valence-electron chi connectivity index (χ3n) is 4.63. The van der Waals surface area contributed by atoms with Gasteiger partial charge in [-0.15, -0.1) is 0 Å². The van der Waals surface area contributed by atoms with Crippen molar-refractivity contribution in [3.05, 3.63) is 100 Å². The van der Waals surface area contributed by atoms with Crippen molar-refractivity contribution in [3.63, 3.8) is 0 Å². The van der Waals surface area contributed by atoms with Crippen molar-refractivity contribution in [2.24, 2.45) is 0 Å². The fourth-order valence-corrected chi connectivity index (χ4v) is 3.80. The van der Waals surface area contributed by atoms with Crippen LogP contribution in [0.1, 0.15) is 0 Å². The standard InChI is InChI=1S/C22H14ClN3O/c23-20-19(15-9-3-1-4-10-15)25(16-11-5-2-6-12-16)22(27)21-24-17-13-7-8-14-18(17)26(20)21/h1-14H. The Hall–Kier alpha value is -3.37. The lowest BCUT2D eigenvalue weighted by atomic mass is 10.1. The van der Waals surface area contributed by atoms with Crippen LogP contribution in [0.4, 0.5) is 0 Å². The Morgan fingerprint density at radius 3 is 2.15 bits per heavy atom. The van der Waals surface area contributed by atoms with E-state index in [0.717, 1.165) is 22.3 Å². The second kappa shape index (κ2) is 6.11. The van der Waals surface area contributed by atoms with Crippen molar-refractivity contribution in [3.8, 4) is 16.9 Å². The number of hydrogen-bond donors (Lipinski definition) is 0. The highest BCUT2D eigenvalue weighted by Gasteiger charge is 2.21. The summed E-state index contributed by atoms with van der Waals surface area (Å²) in [4.78, 5) is 18.0. The predicted molar refractivity (Wildman–Crippen MR) is 109 cm³/mol. The number of nitrogens with zero attached hydrogens (tertiary/aromatic N) is 3. The second-order valence-corrected chi connectivity index (χ2v) is 6.60. The summed E-state index contributed by atoms with van der Waals surface area (Å²) >= 11 is 6.89. The molecule has 0 unspecified atom stereocenters. The zero-order chi connectivity index (χ0) is 18.4. The van der Waals surface area contributed by atoms with Gasteiger partial charge in [0.2, 0.25) is 5.65 Å². The highest BCUT2D eigenvalue weighted by molar-refractivity contribution is 6.32. The van der Waals surface area contributed by atoms with Crippen molar-refractivity contribution in [1.29, 1.82) is 0 Å². The van der Waals surface area contributed by atoms with Gasteiger partial charge in [0.15, 0.2) is 0 Å². The van der Waals surface area contributed by atoms with Crippen LogP contribution in [-0.2, 0) is 0 Å². The molecule has 0 aliphatic heterocycles. The number of halogens is 1. The van der Waals surface area contributed by atoms with E-state index < -0.39 is 0 Å². The van der Waals surface area contributed by atoms with Crippen LogP contribution < -0.4 is 5.56 Å². The molecular formula is C22H14ClN3O. The first-order chi connectivity index (χ1) is 13.3. The molecule has 2 heterocycles. The molecule has 0 saturated heterocycles. The Morgan fingerprint density at radius 1 is 0.778 bits per heavy atom. The van der Waals surface area contributed by atoms with Crippen LogP contribution >= 0.6 is 11.6 Å². The average molecular weight is 372 g/mol. The first-order valence-corrected chi connectivity index (χ1v) is 8.96. The summed E-state index contributed by atoms with van der Waals surface area (Å²) < 4.78 is 3.37. The van der Waals surface area contributed by atoms with Crippen molar-refractivity contribution < 1.29 is 0 Å². The van der Waals surface area contributed by atoms with Gasteiger partial charge in [-0.1, -0.05) is 72.3 Å². The van der Waals surface area contributed by atoms with Crippen LogP contribution in [0.15, 0.2) is 89.7 Å². The maximum Gasteiger partial charge on any atom is 0.299 e. The van der Waals surface area contributed by atoms with E-state index in [9.17, 15) is 4.79 Å². The number of benzene rings is 3. The van der Waals surface area contributed by atoms with E-state index >= 15 is 0 Å². The van der Waals surface area contributed by atoms with Crippen LogP contribution in [0.2, 0.25) is 5.15 Å². The molecule has 0 fully saturated rings. The predicted octanol–water partition coefficient (Wildman–Crippen LogP) is 4.96. The van der Waals surface area contributed by atoms with Crippen LogP contribution in [0, 0.1) is 0 Å². The highest BCUT2D eigenvalue weighted by Crippen LogP contribution is 2.31. The Labute approximate surface area is 159 Å². The molecule has 130 valence electrons. The third-order valence-corrected chi connectivity index (χ3v) is 4.98. The Morgan fingerprint density at radius 2 is 1.41 bits per heavy atom. The maximum atomic E-state index is 13.5. The van der Waals surface area contributed by atoms with Crippen molar-refractivity contribution in [2.45, 2.75) is 0 Å². The molecule has 5 heteroatoms. The van der Waals surface area contributed by atoms with E-state index in [4.69, 9.17) is 11.6 Å². The van der Waals surface area contributed by atoms with E-state index in [1.807, 2.05) is 84.9 Å². The van der Waals surface area contributed by atoms with Gasteiger partial charge < -0.3 is 0 Å². The van der Waals surface area contributed by atoms with Crippen molar-refractivity contribution in [2.75, 3.05) is 0 Å². The van der Waals surface area contributed by atoms with Gasteiger partial charge in [-0.25, -0.2) is 4.98 Å². The summed E-state index contributed by atoms with van der Waals surface area (Å²) in [7, 11) is 0. The van der Waals surface area contributed by atoms with Crippen LogP contribution in [0.5, 0.6) is 0 Å². The molecule has 0 N–H and O–H groups in total. The van der Waals surface area contributed by atoms with E-state index in [1.54, 1.807) is 8.97 Å². The van der Waals surface area contributed by atoms with Gasteiger partial charge in [0.1, 0.15) is 5.15 Å². The molecule has 2 aromatic heterocycles. The Balaban J connectivity index is 2.03. The fraction of sp³-hybridized carbons (Fsp3) is 0. The van der Waals surface area contributed by atoms with Crippen LogP contribution in [0.3, 0.4) is 0 Å². The second-order valence-electron chi connectivity index (χ2n) is 6.24. The topological polar surface area (TPSA) is 39.3 Å². The number of hydrogen-bond acceptors (Lipinski definition) is 2. The lowest BCUT2D eigenvalue weighted by Crippen LogP contribution is -2.23.